The van der Waals surface area contributed by atoms with Crippen LogP contribution >= 0.6 is 0 Å². The minimum Gasteiger partial charge on any atom is -0.465 e. The largest absolute Gasteiger partial charge is 0.465 e. The van der Waals surface area contributed by atoms with Gasteiger partial charge in [-0.2, -0.15) is 5.26 Å². The summed E-state index contributed by atoms with van der Waals surface area (Å²) in [7, 11) is 0. The summed E-state index contributed by atoms with van der Waals surface area (Å²) < 4.78 is 13.8. The fraction of sp³-hybridized carbons (Fsp3) is 0.500. The lowest BCUT2D eigenvalue weighted by Gasteiger charge is -2.47. The lowest BCUT2D eigenvalue weighted by Crippen LogP contribution is -2.62. The maximum Gasteiger partial charge on any atom is 0.407 e. The van der Waals surface area contributed by atoms with E-state index in [1.807, 2.05) is 6.07 Å². The molecule has 0 saturated carbocycles. The molecular formula is C16H19FN4O2. The van der Waals surface area contributed by atoms with Crippen molar-refractivity contribution in [3.8, 4) is 6.07 Å². The molecule has 0 radical (unpaired) electrons. The Morgan fingerprint density at radius 2 is 2.26 bits per heavy atom. The summed E-state index contributed by atoms with van der Waals surface area (Å²) in [4.78, 5) is 15.4. The maximum atomic E-state index is 13.8. The van der Waals surface area contributed by atoms with Crippen LogP contribution in [-0.2, 0) is 0 Å². The molecule has 23 heavy (non-hydrogen) atoms. The van der Waals surface area contributed by atoms with Gasteiger partial charge >= 0.3 is 6.09 Å². The van der Waals surface area contributed by atoms with Gasteiger partial charge in [-0.15, -0.1) is 0 Å². The van der Waals surface area contributed by atoms with Crippen LogP contribution in [0.15, 0.2) is 12.1 Å². The summed E-state index contributed by atoms with van der Waals surface area (Å²) in [6, 6.07) is 4.52. The number of nitrogens with zero attached hydrogens (tertiary/aromatic N) is 3. The zero-order valence-corrected chi connectivity index (χ0v) is 12.9. The Balaban J connectivity index is 1.99. The van der Waals surface area contributed by atoms with Crippen LogP contribution < -0.4 is 5.32 Å². The van der Waals surface area contributed by atoms with Crippen molar-refractivity contribution in [1.82, 2.24) is 15.1 Å². The van der Waals surface area contributed by atoms with Gasteiger partial charge < -0.3 is 10.4 Å². The van der Waals surface area contributed by atoms with Crippen molar-refractivity contribution in [3.05, 3.63) is 34.6 Å². The van der Waals surface area contributed by atoms with Gasteiger partial charge in [-0.25, -0.2) is 9.18 Å². The van der Waals surface area contributed by atoms with Crippen molar-refractivity contribution in [2.75, 3.05) is 32.7 Å². The lowest BCUT2D eigenvalue weighted by molar-refractivity contribution is 0.0201. The van der Waals surface area contributed by atoms with Gasteiger partial charge in [-0.05, 0) is 24.1 Å². The number of piperazine rings is 2. The molecule has 2 saturated heterocycles. The Bertz CT molecular complexity index is 673. The third-order valence-electron chi connectivity index (χ3n) is 4.84. The van der Waals surface area contributed by atoms with Crippen LogP contribution in [0, 0.1) is 24.1 Å². The summed E-state index contributed by atoms with van der Waals surface area (Å²) in [6.07, 6.45) is -0.984. The molecule has 2 atom stereocenters. The second kappa shape index (κ2) is 6.14. The predicted octanol–water partition coefficient (Wildman–Crippen LogP) is 1.31. The SMILES string of the molecule is Cc1c(C2CN3CCNCC3CN2C(=O)O)ccc(F)c1C#N. The molecule has 0 aromatic heterocycles. The van der Waals surface area contributed by atoms with Gasteiger partial charge in [0, 0.05) is 38.8 Å². The molecule has 7 heteroatoms. The molecule has 0 bridgehead atoms. The van der Waals surface area contributed by atoms with Crippen LogP contribution in [-0.4, -0.2) is 59.8 Å². The molecular weight excluding hydrogens is 299 g/mol. The topological polar surface area (TPSA) is 79.6 Å². The molecule has 1 aromatic rings. The van der Waals surface area contributed by atoms with Crippen molar-refractivity contribution >= 4 is 6.09 Å². The fourth-order valence-corrected chi connectivity index (χ4v) is 3.57. The first-order valence-electron chi connectivity index (χ1n) is 7.66. The molecule has 1 aromatic carbocycles. The standard InChI is InChI=1S/C16H19FN4O2/c1-10-12(2-3-14(17)13(10)6-18)15-9-20-5-4-19-7-11(20)8-21(15)16(22)23/h2-3,11,15,19H,4-5,7-9H2,1H3,(H,22,23). The van der Waals surface area contributed by atoms with Crippen LogP contribution in [0.25, 0.3) is 0 Å². The van der Waals surface area contributed by atoms with Crippen LogP contribution in [0.3, 0.4) is 0 Å². The van der Waals surface area contributed by atoms with Crippen LogP contribution in [0.2, 0.25) is 0 Å². The fourth-order valence-electron chi connectivity index (χ4n) is 3.57. The van der Waals surface area contributed by atoms with Crippen molar-refractivity contribution in [3.63, 3.8) is 0 Å². The van der Waals surface area contributed by atoms with E-state index in [2.05, 4.69) is 10.2 Å². The number of carbonyl (C=O) groups is 1. The summed E-state index contributed by atoms with van der Waals surface area (Å²) in [5, 5.41) is 22.0. The third kappa shape index (κ3) is 2.76. The Morgan fingerprint density at radius 3 is 2.96 bits per heavy atom. The molecule has 0 spiro atoms. The minimum atomic E-state index is -0.984. The first-order chi connectivity index (χ1) is 11.0. The van der Waals surface area contributed by atoms with Gasteiger partial charge in [-0.1, -0.05) is 6.07 Å². The molecule has 122 valence electrons. The zero-order valence-electron chi connectivity index (χ0n) is 12.9. The lowest BCUT2D eigenvalue weighted by atomic mass is 9.92. The van der Waals surface area contributed by atoms with E-state index in [9.17, 15) is 14.3 Å². The Labute approximate surface area is 134 Å². The number of carboxylic acid groups (broad SMARTS) is 1. The highest BCUT2D eigenvalue weighted by molar-refractivity contribution is 5.66. The summed E-state index contributed by atoms with van der Waals surface area (Å²) in [6.45, 7) is 5.16. The van der Waals surface area contributed by atoms with E-state index in [-0.39, 0.29) is 17.6 Å². The first kappa shape index (κ1) is 15.7. The monoisotopic (exact) mass is 318 g/mol. The second-order valence-corrected chi connectivity index (χ2v) is 6.05. The van der Waals surface area contributed by atoms with Gasteiger partial charge in [0.2, 0.25) is 0 Å². The molecule has 1 amide bonds. The molecule has 3 rings (SSSR count). The van der Waals surface area contributed by atoms with Crippen molar-refractivity contribution in [1.29, 1.82) is 5.26 Å². The van der Waals surface area contributed by atoms with Crippen molar-refractivity contribution < 1.29 is 14.3 Å². The van der Waals surface area contributed by atoms with Gasteiger partial charge in [0.1, 0.15) is 11.9 Å². The average Bonchev–Trinajstić information content (AvgIpc) is 2.54. The number of amides is 1. The number of benzene rings is 1. The van der Waals surface area contributed by atoms with Crippen molar-refractivity contribution in [2.45, 2.75) is 19.0 Å². The van der Waals surface area contributed by atoms with Gasteiger partial charge in [0.25, 0.3) is 0 Å². The Hall–Kier alpha value is -2.17. The maximum absolute atomic E-state index is 13.8. The highest BCUT2D eigenvalue weighted by Crippen LogP contribution is 2.32. The highest BCUT2D eigenvalue weighted by Gasteiger charge is 2.38. The average molecular weight is 318 g/mol. The van der Waals surface area contributed by atoms with Crippen molar-refractivity contribution in [2.24, 2.45) is 0 Å². The number of halogens is 1. The summed E-state index contributed by atoms with van der Waals surface area (Å²) in [5.41, 5.74) is 1.23. The molecule has 2 heterocycles. The van der Waals surface area contributed by atoms with Gasteiger partial charge in [-0.3, -0.25) is 9.80 Å². The normalized spacial score (nSPS) is 24.8. The van der Waals surface area contributed by atoms with Crippen LogP contribution in [0.4, 0.5) is 9.18 Å². The molecule has 2 fully saturated rings. The molecule has 0 aliphatic carbocycles. The molecule has 2 aliphatic rings. The molecule has 2 N–H and O–H groups in total. The van der Waals surface area contributed by atoms with Crippen LogP contribution in [0.5, 0.6) is 0 Å². The zero-order chi connectivity index (χ0) is 16.6. The van der Waals surface area contributed by atoms with E-state index in [1.54, 1.807) is 13.0 Å². The van der Waals surface area contributed by atoms with Gasteiger partial charge in [0.15, 0.2) is 0 Å². The number of hydrogen-bond donors (Lipinski definition) is 2. The molecule has 2 aliphatic heterocycles. The smallest absolute Gasteiger partial charge is 0.407 e. The summed E-state index contributed by atoms with van der Waals surface area (Å²) >= 11 is 0. The summed E-state index contributed by atoms with van der Waals surface area (Å²) in [5.74, 6) is -0.563. The Kier molecular flexibility index (Phi) is 4.20. The van der Waals surface area contributed by atoms with E-state index in [0.717, 1.165) is 19.6 Å². The van der Waals surface area contributed by atoms with Gasteiger partial charge in [0.05, 0.1) is 11.6 Å². The third-order valence-corrected chi connectivity index (χ3v) is 4.84. The van der Waals surface area contributed by atoms with Crippen LogP contribution in [0.1, 0.15) is 22.7 Å². The first-order valence-corrected chi connectivity index (χ1v) is 7.66. The second-order valence-electron chi connectivity index (χ2n) is 6.05. The number of hydrogen-bond acceptors (Lipinski definition) is 4. The van der Waals surface area contributed by atoms with E-state index in [4.69, 9.17) is 5.26 Å². The quantitative estimate of drug-likeness (QED) is 0.816. The number of nitriles is 1. The molecule has 6 nitrogen and oxygen atoms in total. The number of nitrogens with one attached hydrogen (secondary N) is 1. The molecule has 2 unspecified atom stereocenters. The number of rotatable bonds is 1. The Morgan fingerprint density at radius 1 is 1.48 bits per heavy atom. The van der Waals surface area contributed by atoms with E-state index < -0.39 is 11.9 Å². The van der Waals surface area contributed by atoms with E-state index in [1.165, 1.54) is 11.0 Å². The van der Waals surface area contributed by atoms with E-state index in [0.29, 0.717) is 24.2 Å². The highest BCUT2D eigenvalue weighted by atomic mass is 19.1. The predicted molar refractivity (Wildman–Crippen MR) is 81.6 cm³/mol. The van der Waals surface area contributed by atoms with E-state index >= 15 is 0 Å². The minimum absolute atomic E-state index is 0.00438. The number of fused-ring (bicyclic) bond motifs is 1.